The van der Waals surface area contributed by atoms with Gasteiger partial charge in [-0.05, 0) is 43.4 Å². The molecule has 1 aromatic heterocycles. The summed E-state index contributed by atoms with van der Waals surface area (Å²) in [5.41, 5.74) is 3.08. The third-order valence-corrected chi connectivity index (χ3v) is 3.49. The number of hydrogen-bond acceptors (Lipinski definition) is 3. The molecule has 0 aliphatic carbocycles. The van der Waals surface area contributed by atoms with Crippen molar-refractivity contribution in [3.05, 3.63) is 47.3 Å². The van der Waals surface area contributed by atoms with Gasteiger partial charge < -0.3 is 10.4 Å². The molecule has 0 saturated heterocycles. The highest BCUT2D eigenvalue weighted by atomic mass is 16.3. The van der Waals surface area contributed by atoms with Gasteiger partial charge in [-0.15, -0.1) is 0 Å². The molecule has 1 amide bonds. The second-order valence-electron chi connectivity index (χ2n) is 5.10. The molecule has 0 unspecified atom stereocenters. The Hall–Kier alpha value is -2.30. The molecule has 0 aliphatic heterocycles. The van der Waals surface area contributed by atoms with Crippen LogP contribution in [0.3, 0.4) is 0 Å². The number of para-hydroxylation sites is 1. The zero-order valence-corrected chi connectivity index (χ0v) is 12.2. The second kappa shape index (κ2) is 7.47. The normalized spacial score (nSPS) is 10.5. The number of nitrogens with zero attached hydrogens (tertiary/aromatic N) is 1. The molecule has 112 valence electrons. The van der Waals surface area contributed by atoms with Gasteiger partial charge in [-0.3, -0.25) is 9.89 Å². The largest absolute Gasteiger partial charge is 0.508 e. The van der Waals surface area contributed by atoms with Crippen molar-refractivity contribution in [2.24, 2.45) is 0 Å². The quantitative estimate of drug-likeness (QED) is 0.682. The number of aryl methyl sites for hydroxylation is 3. The lowest BCUT2D eigenvalue weighted by Crippen LogP contribution is -2.25. The SMILES string of the molecule is Cc1[nH]ncc1CCCNC(=O)CCc1ccccc1O. The molecule has 0 saturated carbocycles. The van der Waals surface area contributed by atoms with Crippen molar-refractivity contribution in [1.29, 1.82) is 0 Å². The Balaban J connectivity index is 1.64. The van der Waals surface area contributed by atoms with E-state index in [9.17, 15) is 9.90 Å². The number of H-pyrrole nitrogens is 1. The maximum absolute atomic E-state index is 11.7. The maximum atomic E-state index is 11.7. The molecule has 5 heteroatoms. The van der Waals surface area contributed by atoms with Gasteiger partial charge in [0.25, 0.3) is 0 Å². The van der Waals surface area contributed by atoms with E-state index in [1.807, 2.05) is 25.3 Å². The van der Waals surface area contributed by atoms with Crippen LogP contribution < -0.4 is 5.32 Å². The van der Waals surface area contributed by atoms with Crippen LogP contribution in [0.2, 0.25) is 0 Å². The Bertz CT molecular complexity index is 593. The number of phenolic OH excluding ortho intramolecular Hbond substituents is 1. The monoisotopic (exact) mass is 287 g/mol. The van der Waals surface area contributed by atoms with Crippen molar-refractivity contribution in [2.45, 2.75) is 32.6 Å². The predicted octanol–water partition coefficient (Wildman–Crippen LogP) is 2.11. The van der Waals surface area contributed by atoms with E-state index in [0.29, 0.717) is 19.4 Å². The van der Waals surface area contributed by atoms with Crippen molar-refractivity contribution < 1.29 is 9.90 Å². The van der Waals surface area contributed by atoms with Crippen LogP contribution in [0.25, 0.3) is 0 Å². The fourth-order valence-electron chi connectivity index (χ4n) is 2.19. The van der Waals surface area contributed by atoms with E-state index < -0.39 is 0 Å². The fourth-order valence-corrected chi connectivity index (χ4v) is 2.19. The fraction of sp³-hybridized carbons (Fsp3) is 0.375. The Morgan fingerprint density at radius 1 is 1.29 bits per heavy atom. The summed E-state index contributed by atoms with van der Waals surface area (Å²) in [6.07, 6.45) is 4.57. The summed E-state index contributed by atoms with van der Waals surface area (Å²) in [6.45, 7) is 2.65. The molecule has 0 radical (unpaired) electrons. The lowest BCUT2D eigenvalue weighted by atomic mass is 10.1. The number of rotatable bonds is 7. The molecular weight excluding hydrogens is 266 g/mol. The highest BCUT2D eigenvalue weighted by molar-refractivity contribution is 5.76. The first kappa shape index (κ1) is 15.1. The molecule has 2 rings (SSSR count). The highest BCUT2D eigenvalue weighted by Crippen LogP contribution is 2.17. The molecule has 0 atom stereocenters. The van der Waals surface area contributed by atoms with E-state index in [-0.39, 0.29) is 11.7 Å². The molecule has 21 heavy (non-hydrogen) atoms. The van der Waals surface area contributed by atoms with Gasteiger partial charge in [0.1, 0.15) is 5.75 Å². The molecule has 2 aromatic rings. The minimum atomic E-state index is 0.0159. The van der Waals surface area contributed by atoms with E-state index in [0.717, 1.165) is 24.1 Å². The van der Waals surface area contributed by atoms with Crippen molar-refractivity contribution >= 4 is 5.91 Å². The van der Waals surface area contributed by atoms with Gasteiger partial charge in [0.05, 0.1) is 6.20 Å². The minimum Gasteiger partial charge on any atom is -0.508 e. The van der Waals surface area contributed by atoms with Crippen LogP contribution in [-0.2, 0) is 17.6 Å². The minimum absolute atomic E-state index is 0.0159. The van der Waals surface area contributed by atoms with Crippen molar-refractivity contribution in [3.8, 4) is 5.75 Å². The molecule has 1 aromatic carbocycles. The van der Waals surface area contributed by atoms with Gasteiger partial charge in [0.15, 0.2) is 0 Å². The third-order valence-electron chi connectivity index (χ3n) is 3.49. The summed E-state index contributed by atoms with van der Waals surface area (Å²) < 4.78 is 0. The van der Waals surface area contributed by atoms with E-state index in [4.69, 9.17) is 0 Å². The van der Waals surface area contributed by atoms with Gasteiger partial charge >= 0.3 is 0 Å². The topological polar surface area (TPSA) is 78.0 Å². The van der Waals surface area contributed by atoms with Crippen molar-refractivity contribution in [1.82, 2.24) is 15.5 Å². The number of aromatic amines is 1. The second-order valence-corrected chi connectivity index (χ2v) is 5.10. The Morgan fingerprint density at radius 2 is 2.10 bits per heavy atom. The summed E-state index contributed by atoms with van der Waals surface area (Å²) in [6, 6.07) is 7.11. The summed E-state index contributed by atoms with van der Waals surface area (Å²) >= 11 is 0. The van der Waals surface area contributed by atoms with Gasteiger partial charge in [-0.2, -0.15) is 5.10 Å². The zero-order chi connectivity index (χ0) is 15.1. The first-order chi connectivity index (χ1) is 10.2. The Labute approximate surface area is 124 Å². The van der Waals surface area contributed by atoms with Gasteiger partial charge in [0, 0.05) is 18.7 Å². The number of aromatic nitrogens is 2. The number of aromatic hydroxyl groups is 1. The highest BCUT2D eigenvalue weighted by Gasteiger charge is 2.05. The summed E-state index contributed by atoms with van der Waals surface area (Å²) in [4.78, 5) is 11.7. The number of benzene rings is 1. The molecular formula is C16H21N3O2. The van der Waals surface area contributed by atoms with Crippen molar-refractivity contribution in [2.75, 3.05) is 6.54 Å². The Kier molecular flexibility index (Phi) is 5.37. The van der Waals surface area contributed by atoms with Gasteiger partial charge in [-0.25, -0.2) is 0 Å². The number of nitrogens with one attached hydrogen (secondary N) is 2. The van der Waals surface area contributed by atoms with E-state index in [1.54, 1.807) is 12.1 Å². The molecule has 5 nitrogen and oxygen atoms in total. The van der Waals surface area contributed by atoms with Crippen LogP contribution in [0, 0.1) is 6.92 Å². The number of hydrogen-bond donors (Lipinski definition) is 3. The van der Waals surface area contributed by atoms with E-state index >= 15 is 0 Å². The lowest BCUT2D eigenvalue weighted by molar-refractivity contribution is -0.121. The molecule has 0 bridgehead atoms. The predicted molar refractivity (Wildman–Crippen MR) is 81.1 cm³/mol. The van der Waals surface area contributed by atoms with Crippen LogP contribution in [0.15, 0.2) is 30.5 Å². The Morgan fingerprint density at radius 3 is 2.81 bits per heavy atom. The molecule has 0 spiro atoms. The summed E-state index contributed by atoms with van der Waals surface area (Å²) in [5, 5.41) is 19.4. The number of phenols is 1. The maximum Gasteiger partial charge on any atom is 0.220 e. The van der Waals surface area contributed by atoms with E-state index in [2.05, 4.69) is 15.5 Å². The van der Waals surface area contributed by atoms with Gasteiger partial charge in [0.2, 0.25) is 5.91 Å². The van der Waals surface area contributed by atoms with Crippen LogP contribution in [-0.4, -0.2) is 27.8 Å². The summed E-state index contributed by atoms with van der Waals surface area (Å²) in [7, 11) is 0. The van der Waals surface area contributed by atoms with Gasteiger partial charge in [-0.1, -0.05) is 18.2 Å². The van der Waals surface area contributed by atoms with Crippen LogP contribution >= 0.6 is 0 Å². The molecule has 0 aliphatic rings. The molecule has 1 heterocycles. The molecule has 3 N–H and O–H groups in total. The average molecular weight is 287 g/mol. The number of amides is 1. The van der Waals surface area contributed by atoms with Crippen LogP contribution in [0.1, 0.15) is 29.7 Å². The number of carbonyl (C=O) groups excluding carboxylic acids is 1. The van der Waals surface area contributed by atoms with Crippen molar-refractivity contribution in [3.63, 3.8) is 0 Å². The summed E-state index contributed by atoms with van der Waals surface area (Å²) in [5.74, 6) is 0.267. The van der Waals surface area contributed by atoms with E-state index in [1.165, 1.54) is 5.56 Å². The first-order valence-corrected chi connectivity index (χ1v) is 7.19. The standard InChI is InChI=1S/C16H21N3O2/c1-12-14(11-18-19-12)6-4-10-17-16(21)9-8-13-5-2-3-7-15(13)20/h2-3,5,7,11,20H,4,6,8-10H2,1H3,(H,17,21)(H,18,19). The first-order valence-electron chi connectivity index (χ1n) is 7.19. The number of carbonyl (C=O) groups is 1. The lowest BCUT2D eigenvalue weighted by Gasteiger charge is -2.06. The smallest absolute Gasteiger partial charge is 0.220 e. The zero-order valence-electron chi connectivity index (χ0n) is 12.2. The van der Waals surface area contributed by atoms with Crippen LogP contribution in [0.5, 0.6) is 5.75 Å². The average Bonchev–Trinajstić information content (AvgIpc) is 2.88. The van der Waals surface area contributed by atoms with Crippen LogP contribution in [0.4, 0.5) is 0 Å². The third kappa shape index (κ3) is 4.63. The molecule has 0 fully saturated rings.